The first-order valence-corrected chi connectivity index (χ1v) is 9.18. The van der Waals surface area contributed by atoms with Crippen molar-refractivity contribution in [3.63, 3.8) is 0 Å². The van der Waals surface area contributed by atoms with Crippen LogP contribution in [0.3, 0.4) is 0 Å². The van der Waals surface area contributed by atoms with E-state index in [2.05, 4.69) is 41.0 Å². The fraction of sp³-hybridized carbons (Fsp3) is 0.600. The molecule has 0 aromatic heterocycles. The summed E-state index contributed by atoms with van der Waals surface area (Å²) >= 11 is 0. The molecule has 0 saturated carbocycles. The van der Waals surface area contributed by atoms with Crippen LogP contribution in [0, 0.1) is 0 Å². The summed E-state index contributed by atoms with van der Waals surface area (Å²) in [6.45, 7) is 6.08. The van der Waals surface area contributed by atoms with Crippen molar-refractivity contribution < 1.29 is 8.42 Å². The lowest BCUT2D eigenvalue weighted by molar-refractivity contribution is 0.202. The Morgan fingerprint density at radius 3 is 2.15 bits per heavy atom. The van der Waals surface area contributed by atoms with Crippen LogP contribution in [-0.2, 0) is 16.3 Å². The molecular weight excluding hydrogens is 272 g/mol. The van der Waals surface area contributed by atoms with Gasteiger partial charge < -0.3 is 4.90 Å². The molecule has 3 rings (SSSR count). The number of piperazine rings is 1. The standard InChI is InChI=1S/C15H22N2O2S/c1-2-13-3-5-14(6-4-13)16-7-9-17(10-8-16)15-11-20(18,19)12-15/h3-6,15H,2,7-12H2,1H3. The first-order valence-electron chi connectivity index (χ1n) is 7.36. The van der Waals surface area contributed by atoms with E-state index >= 15 is 0 Å². The maximum Gasteiger partial charge on any atom is 0.153 e. The maximum atomic E-state index is 11.2. The first kappa shape index (κ1) is 13.9. The van der Waals surface area contributed by atoms with Crippen LogP contribution in [-0.4, -0.2) is 57.0 Å². The number of hydrogen-bond donors (Lipinski definition) is 0. The molecule has 0 spiro atoms. The molecule has 4 nitrogen and oxygen atoms in total. The fourth-order valence-electron chi connectivity index (χ4n) is 3.04. The summed E-state index contributed by atoms with van der Waals surface area (Å²) in [5.41, 5.74) is 2.65. The van der Waals surface area contributed by atoms with Crippen LogP contribution in [0.5, 0.6) is 0 Å². The molecule has 2 heterocycles. The van der Waals surface area contributed by atoms with E-state index in [4.69, 9.17) is 0 Å². The lowest BCUT2D eigenvalue weighted by Gasteiger charge is -2.43. The molecule has 0 aliphatic carbocycles. The van der Waals surface area contributed by atoms with E-state index < -0.39 is 9.84 Å². The topological polar surface area (TPSA) is 40.6 Å². The van der Waals surface area contributed by atoms with Crippen molar-refractivity contribution in [3.8, 4) is 0 Å². The molecule has 5 heteroatoms. The first-order chi connectivity index (χ1) is 9.57. The van der Waals surface area contributed by atoms with E-state index in [0.717, 1.165) is 32.6 Å². The van der Waals surface area contributed by atoms with E-state index in [1.807, 2.05) is 0 Å². The van der Waals surface area contributed by atoms with Gasteiger partial charge in [0.05, 0.1) is 11.5 Å². The van der Waals surface area contributed by atoms with Gasteiger partial charge in [0, 0.05) is 37.9 Å². The Morgan fingerprint density at radius 1 is 1.05 bits per heavy atom. The predicted molar refractivity (Wildman–Crippen MR) is 82.0 cm³/mol. The van der Waals surface area contributed by atoms with E-state index in [9.17, 15) is 8.42 Å². The van der Waals surface area contributed by atoms with Gasteiger partial charge >= 0.3 is 0 Å². The fourth-order valence-corrected chi connectivity index (χ4v) is 4.53. The number of aryl methyl sites for hydroxylation is 1. The zero-order valence-corrected chi connectivity index (χ0v) is 12.8. The average Bonchev–Trinajstić information content (AvgIpc) is 2.45. The molecule has 20 heavy (non-hydrogen) atoms. The van der Waals surface area contributed by atoms with Crippen molar-refractivity contribution in [1.82, 2.24) is 4.90 Å². The molecule has 2 aliphatic heterocycles. The van der Waals surface area contributed by atoms with Crippen LogP contribution in [0.15, 0.2) is 24.3 Å². The van der Waals surface area contributed by atoms with Gasteiger partial charge in [-0.15, -0.1) is 0 Å². The van der Waals surface area contributed by atoms with Crippen LogP contribution >= 0.6 is 0 Å². The summed E-state index contributed by atoms with van der Waals surface area (Å²) < 4.78 is 22.5. The number of sulfone groups is 1. The highest BCUT2D eigenvalue weighted by molar-refractivity contribution is 7.92. The van der Waals surface area contributed by atoms with Gasteiger partial charge in [-0.2, -0.15) is 0 Å². The highest BCUT2D eigenvalue weighted by atomic mass is 32.2. The predicted octanol–water partition coefficient (Wildman–Crippen LogP) is 1.17. The third-order valence-electron chi connectivity index (χ3n) is 4.43. The molecule has 0 radical (unpaired) electrons. The van der Waals surface area contributed by atoms with Gasteiger partial charge in [-0.25, -0.2) is 8.42 Å². The van der Waals surface area contributed by atoms with E-state index in [0.29, 0.717) is 11.5 Å². The number of nitrogens with zero attached hydrogens (tertiary/aromatic N) is 2. The highest BCUT2D eigenvalue weighted by Gasteiger charge is 2.38. The Labute approximate surface area is 121 Å². The van der Waals surface area contributed by atoms with Crippen molar-refractivity contribution in [2.75, 3.05) is 42.6 Å². The quantitative estimate of drug-likeness (QED) is 0.839. The SMILES string of the molecule is CCc1ccc(N2CCN(C3CS(=O)(=O)C3)CC2)cc1. The number of benzene rings is 1. The summed E-state index contributed by atoms with van der Waals surface area (Å²) in [4.78, 5) is 4.72. The Bertz CT molecular complexity index is 548. The maximum absolute atomic E-state index is 11.2. The molecular formula is C15H22N2O2S. The van der Waals surface area contributed by atoms with Crippen LogP contribution in [0.4, 0.5) is 5.69 Å². The minimum absolute atomic E-state index is 0.268. The third kappa shape index (κ3) is 2.83. The van der Waals surface area contributed by atoms with Crippen molar-refractivity contribution in [2.24, 2.45) is 0 Å². The number of rotatable bonds is 3. The van der Waals surface area contributed by atoms with Gasteiger partial charge in [-0.05, 0) is 24.1 Å². The molecule has 2 aliphatic rings. The molecule has 1 aromatic rings. The number of anilines is 1. The van der Waals surface area contributed by atoms with E-state index in [-0.39, 0.29) is 6.04 Å². The third-order valence-corrected chi connectivity index (χ3v) is 6.22. The van der Waals surface area contributed by atoms with Crippen LogP contribution in [0.1, 0.15) is 12.5 Å². The van der Waals surface area contributed by atoms with Gasteiger partial charge in [-0.3, -0.25) is 4.90 Å². The summed E-state index contributed by atoms with van der Waals surface area (Å²) in [5, 5.41) is 0. The van der Waals surface area contributed by atoms with Crippen molar-refractivity contribution >= 4 is 15.5 Å². The second-order valence-corrected chi connectivity index (χ2v) is 7.93. The lowest BCUT2D eigenvalue weighted by atomic mass is 10.1. The van der Waals surface area contributed by atoms with E-state index in [1.54, 1.807) is 0 Å². The Balaban J connectivity index is 1.55. The molecule has 1 aromatic carbocycles. The molecule has 0 atom stereocenters. The van der Waals surface area contributed by atoms with Gasteiger partial charge in [0.2, 0.25) is 0 Å². The van der Waals surface area contributed by atoms with Gasteiger partial charge in [0.25, 0.3) is 0 Å². The normalized spacial score (nSPS) is 23.6. The molecule has 0 unspecified atom stereocenters. The van der Waals surface area contributed by atoms with Gasteiger partial charge in [-0.1, -0.05) is 19.1 Å². The number of hydrogen-bond acceptors (Lipinski definition) is 4. The lowest BCUT2D eigenvalue weighted by Crippen LogP contribution is -2.59. The monoisotopic (exact) mass is 294 g/mol. The van der Waals surface area contributed by atoms with Crippen molar-refractivity contribution in [1.29, 1.82) is 0 Å². The van der Waals surface area contributed by atoms with Crippen molar-refractivity contribution in [3.05, 3.63) is 29.8 Å². The minimum Gasteiger partial charge on any atom is -0.369 e. The largest absolute Gasteiger partial charge is 0.369 e. The molecule has 0 N–H and O–H groups in total. The molecule has 0 amide bonds. The molecule has 0 bridgehead atoms. The van der Waals surface area contributed by atoms with Crippen LogP contribution < -0.4 is 4.90 Å². The summed E-state index contributed by atoms with van der Waals surface area (Å²) in [7, 11) is -2.71. The second-order valence-electron chi connectivity index (χ2n) is 5.77. The Kier molecular flexibility index (Phi) is 3.73. The molecule has 2 fully saturated rings. The smallest absolute Gasteiger partial charge is 0.153 e. The van der Waals surface area contributed by atoms with Crippen molar-refractivity contribution in [2.45, 2.75) is 19.4 Å². The van der Waals surface area contributed by atoms with Gasteiger partial charge in [0.1, 0.15) is 0 Å². The van der Waals surface area contributed by atoms with E-state index in [1.165, 1.54) is 11.3 Å². The Hall–Kier alpha value is -1.07. The zero-order chi connectivity index (χ0) is 14.2. The van der Waals surface area contributed by atoms with Gasteiger partial charge in [0.15, 0.2) is 9.84 Å². The second kappa shape index (κ2) is 5.37. The summed E-state index contributed by atoms with van der Waals surface area (Å²) in [5.74, 6) is 0.719. The Morgan fingerprint density at radius 2 is 1.65 bits per heavy atom. The minimum atomic E-state index is -2.71. The average molecular weight is 294 g/mol. The van der Waals surface area contributed by atoms with Crippen LogP contribution in [0.2, 0.25) is 0 Å². The molecule has 2 saturated heterocycles. The summed E-state index contributed by atoms with van der Waals surface area (Å²) in [6.07, 6.45) is 1.07. The molecule has 110 valence electrons. The zero-order valence-electron chi connectivity index (χ0n) is 12.0. The highest BCUT2D eigenvalue weighted by Crippen LogP contribution is 2.22. The summed E-state index contributed by atoms with van der Waals surface area (Å²) in [6, 6.07) is 9.05. The van der Waals surface area contributed by atoms with Crippen LogP contribution in [0.25, 0.3) is 0 Å².